The second-order valence-corrected chi connectivity index (χ2v) is 4.60. The largest absolute Gasteiger partial charge is 0.299 e. The summed E-state index contributed by atoms with van der Waals surface area (Å²) >= 11 is 5.76. The Labute approximate surface area is 96.3 Å². The highest BCUT2D eigenvalue weighted by molar-refractivity contribution is 6.17. The van der Waals surface area contributed by atoms with Gasteiger partial charge in [0.05, 0.1) is 0 Å². The zero-order valence-electron chi connectivity index (χ0n) is 8.90. The molecule has 82 valence electrons. The number of aromatic nitrogens is 1. The summed E-state index contributed by atoms with van der Waals surface area (Å²) in [7, 11) is 0. The van der Waals surface area contributed by atoms with E-state index in [1.165, 1.54) is 25.1 Å². The molecule has 0 spiro atoms. The van der Waals surface area contributed by atoms with Crippen molar-refractivity contribution in [2.24, 2.45) is 5.92 Å². The van der Waals surface area contributed by atoms with Gasteiger partial charge >= 0.3 is 0 Å². The quantitative estimate of drug-likeness (QED) is 0.731. The number of pyridine rings is 1. The summed E-state index contributed by atoms with van der Waals surface area (Å²) < 4.78 is 0. The van der Waals surface area contributed by atoms with Gasteiger partial charge in [-0.05, 0) is 43.0 Å². The second-order valence-electron chi connectivity index (χ2n) is 4.22. The normalized spacial score (nSPS) is 22.1. The SMILES string of the molecule is ClCCC1CCN(Cc2ccncc2)C1. The van der Waals surface area contributed by atoms with E-state index < -0.39 is 0 Å². The van der Waals surface area contributed by atoms with E-state index in [9.17, 15) is 0 Å². The van der Waals surface area contributed by atoms with Crippen molar-refractivity contribution in [1.29, 1.82) is 0 Å². The van der Waals surface area contributed by atoms with E-state index in [4.69, 9.17) is 11.6 Å². The van der Waals surface area contributed by atoms with Crippen LogP contribution in [0.15, 0.2) is 24.5 Å². The Bertz CT molecular complexity index is 289. The van der Waals surface area contributed by atoms with Crippen molar-refractivity contribution in [1.82, 2.24) is 9.88 Å². The predicted molar refractivity (Wildman–Crippen MR) is 63.0 cm³/mol. The lowest BCUT2D eigenvalue weighted by Crippen LogP contribution is -2.20. The smallest absolute Gasteiger partial charge is 0.0271 e. The van der Waals surface area contributed by atoms with E-state index >= 15 is 0 Å². The molecule has 0 radical (unpaired) electrons. The van der Waals surface area contributed by atoms with Gasteiger partial charge in [-0.15, -0.1) is 11.6 Å². The summed E-state index contributed by atoms with van der Waals surface area (Å²) in [6, 6.07) is 4.18. The zero-order valence-corrected chi connectivity index (χ0v) is 9.66. The Morgan fingerprint density at radius 1 is 1.40 bits per heavy atom. The van der Waals surface area contributed by atoms with Gasteiger partial charge in [0, 0.05) is 31.4 Å². The molecule has 1 atom stereocenters. The molecular formula is C12H17ClN2. The van der Waals surface area contributed by atoms with Crippen LogP contribution >= 0.6 is 11.6 Å². The van der Waals surface area contributed by atoms with Crippen molar-refractivity contribution in [2.45, 2.75) is 19.4 Å². The van der Waals surface area contributed by atoms with Crippen LogP contribution in [0.5, 0.6) is 0 Å². The molecule has 2 nitrogen and oxygen atoms in total. The first kappa shape index (κ1) is 10.9. The molecule has 1 aliphatic rings. The van der Waals surface area contributed by atoms with Crippen LogP contribution in [-0.2, 0) is 6.54 Å². The molecule has 1 saturated heterocycles. The average Bonchev–Trinajstić information content (AvgIpc) is 2.68. The van der Waals surface area contributed by atoms with Gasteiger partial charge in [-0.3, -0.25) is 9.88 Å². The van der Waals surface area contributed by atoms with Gasteiger partial charge in [-0.25, -0.2) is 0 Å². The molecule has 1 fully saturated rings. The van der Waals surface area contributed by atoms with Crippen molar-refractivity contribution < 1.29 is 0 Å². The van der Waals surface area contributed by atoms with Crippen molar-refractivity contribution >= 4 is 11.6 Å². The van der Waals surface area contributed by atoms with E-state index in [1.54, 1.807) is 0 Å². The third-order valence-electron chi connectivity index (χ3n) is 3.04. The van der Waals surface area contributed by atoms with Crippen LogP contribution in [0.2, 0.25) is 0 Å². The number of likely N-dealkylation sites (tertiary alicyclic amines) is 1. The third-order valence-corrected chi connectivity index (χ3v) is 3.26. The molecule has 0 bridgehead atoms. The van der Waals surface area contributed by atoms with Crippen LogP contribution in [0.1, 0.15) is 18.4 Å². The molecule has 2 heterocycles. The lowest BCUT2D eigenvalue weighted by molar-refractivity contribution is 0.315. The fourth-order valence-corrected chi connectivity index (χ4v) is 2.50. The maximum absolute atomic E-state index is 5.76. The van der Waals surface area contributed by atoms with E-state index in [0.29, 0.717) is 0 Å². The number of rotatable bonds is 4. The van der Waals surface area contributed by atoms with Crippen LogP contribution in [0, 0.1) is 5.92 Å². The molecule has 15 heavy (non-hydrogen) atoms. The summed E-state index contributed by atoms with van der Waals surface area (Å²) in [5, 5.41) is 0. The lowest BCUT2D eigenvalue weighted by atomic mass is 10.1. The molecule has 3 heteroatoms. The van der Waals surface area contributed by atoms with Gasteiger partial charge in [0.15, 0.2) is 0 Å². The maximum atomic E-state index is 5.76. The van der Waals surface area contributed by atoms with Crippen molar-refractivity contribution in [3.63, 3.8) is 0 Å². The summed E-state index contributed by atoms with van der Waals surface area (Å²) in [6.45, 7) is 3.47. The number of alkyl halides is 1. The molecular weight excluding hydrogens is 208 g/mol. The molecule has 0 N–H and O–H groups in total. The minimum Gasteiger partial charge on any atom is -0.299 e. The summed E-state index contributed by atoms with van der Waals surface area (Å²) in [5.41, 5.74) is 1.36. The van der Waals surface area contributed by atoms with Gasteiger partial charge in [-0.1, -0.05) is 0 Å². The first-order chi connectivity index (χ1) is 7.38. The average molecular weight is 225 g/mol. The Hall–Kier alpha value is -0.600. The van der Waals surface area contributed by atoms with Gasteiger partial charge in [-0.2, -0.15) is 0 Å². The highest BCUT2D eigenvalue weighted by Gasteiger charge is 2.21. The monoisotopic (exact) mass is 224 g/mol. The zero-order chi connectivity index (χ0) is 10.5. The van der Waals surface area contributed by atoms with Crippen LogP contribution in [-0.4, -0.2) is 28.9 Å². The Morgan fingerprint density at radius 3 is 2.93 bits per heavy atom. The Kier molecular flexibility index (Phi) is 3.98. The highest BCUT2D eigenvalue weighted by atomic mass is 35.5. The van der Waals surface area contributed by atoms with E-state index in [2.05, 4.69) is 22.0 Å². The van der Waals surface area contributed by atoms with Gasteiger partial charge < -0.3 is 0 Å². The molecule has 0 aromatic carbocycles. The van der Waals surface area contributed by atoms with E-state index in [0.717, 1.165) is 24.8 Å². The van der Waals surface area contributed by atoms with Crippen LogP contribution in [0.3, 0.4) is 0 Å². The van der Waals surface area contributed by atoms with E-state index in [-0.39, 0.29) is 0 Å². The highest BCUT2D eigenvalue weighted by Crippen LogP contribution is 2.21. The second kappa shape index (κ2) is 5.47. The number of hydrogen-bond acceptors (Lipinski definition) is 2. The fourth-order valence-electron chi connectivity index (χ4n) is 2.19. The summed E-state index contributed by atoms with van der Waals surface area (Å²) in [5.74, 6) is 1.61. The minimum atomic E-state index is 0.799. The standard InChI is InChI=1S/C12H17ClN2/c13-5-1-11-4-8-15(9-11)10-12-2-6-14-7-3-12/h2-3,6-7,11H,1,4-5,8-10H2. The number of halogens is 1. The van der Waals surface area contributed by atoms with Crippen LogP contribution in [0.25, 0.3) is 0 Å². The predicted octanol–water partition coefficient (Wildman–Crippen LogP) is 2.53. The summed E-state index contributed by atoms with van der Waals surface area (Å²) in [4.78, 5) is 6.53. The first-order valence-corrected chi connectivity index (χ1v) is 6.09. The third kappa shape index (κ3) is 3.18. The van der Waals surface area contributed by atoms with Crippen molar-refractivity contribution in [2.75, 3.05) is 19.0 Å². The molecule has 2 rings (SSSR count). The molecule has 1 unspecified atom stereocenters. The maximum Gasteiger partial charge on any atom is 0.0271 e. The Morgan fingerprint density at radius 2 is 2.20 bits per heavy atom. The molecule has 0 amide bonds. The molecule has 1 aromatic heterocycles. The summed E-state index contributed by atoms with van der Waals surface area (Å²) in [6.07, 6.45) is 6.19. The Balaban J connectivity index is 1.82. The molecule has 0 saturated carbocycles. The van der Waals surface area contributed by atoms with Gasteiger partial charge in [0.25, 0.3) is 0 Å². The van der Waals surface area contributed by atoms with E-state index in [1.807, 2.05) is 12.4 Å². The van der Waals surface area contributed by atoms with Gasteiger partial charge in [0.1, 0.15) is 0 Å². The number of nitrogens with zero attached hydrogens (tertiary/aromatic N) is 2. The molecule has 1 aliphatic heterocycles. The first-order valence-electron chi connectivity index (χ1n) is 5.55. The topological polar surface area (TPSA) is 16.1 Å². The van der Waals surface area contributed by atoms with Crippen molar-refractivity contribution in [3.05, 3.63) is 30.1 Å². The van der Waals surface area contributed by atoms with Crippen LogP contribution in [0.4, 0.5) is 0 Å². The minimum absolute atomic E-state index is 0.799. The lowest BCUT2D eigenvalue weighted by Gasteiger charge is -2.15. The van der Waals surface area contributed by atoms with Crippen LogP contribution < -0.4 is 0 Å². The van der Waals surface area contributed by atoms with Crippen molar-refractivity contribution in [3.8, 4) is 0 Å². The number of hydrogen-bond donors (Lipinski definition) is 0. The molecule has 1 aromatic rings. The molecule has 0 aliphatic carbocycles. The fraction of sp³-hybridized carbons (Fsp3) is 0.583. The van der Waals surface area contributed by atoms with Gasteiger partial charge in [0.2, 0.25) is 0 Å².